The summed E-state index contributed by atoms with van der Waals surface area (Å²) in [6.45, 7) is 11.8. The number of phenols is 1. The highest BCUT2D eigenvalue weighted by atomic mass is 32.1. The number of phenolic OH excluding ortho intramolecular Hbond substituents is 1. The molecule has 2 aromatic rings. The molecule has 1 aromatic carbocycles. The summed E-state index contributed by atoms with van der Waals surface area (Å²) in [5.41, 5.74) is 5.79. The fourth-order valence-electron chi connectivity index (χ4n) is 5.75. The van der Waals surface area contributed by atoms with E-state index in [9.17, 15) is 5.11 Å². The van der Waals surface area contributed by atoms with Gasteiger partial charge in [0, 0.05) is 6.07 Å². The molecular weight excluding hydrogens is 326 g/mol. The Morgan fingerprint density at radius 1 is 1.32 bits per heavy atom. The Morgan fingerprint density at radius 2 is 2.12 bits per heavy atom. The van der Waals surface area contributed by atoms with Gasteiger partial charge in [0.15, 0.2) is 0 Å². The van der Waals surface area contributed by atoms with Crippen LogP contribution in [0.3, 0.4) is 0 Å². The number of rotatable bonds is 2. The third-order valence-electron chi connectivity index (χ3n) is 7.67. The summed E-state index contributed by atoms with van der Waals surface area (Å²) in [4.78, 5) is 4.33. The number of hydrogen-bond donors (Lipinski definition) is 1. The lowest BCUT2D eigenvalue weighted by molar-refractivity contribution is -0.0490. The molecule has 2 aliphatic carbocycles. The van der Waals surface area contributed by atoms with Crippen molar-refractivity contribution in [2.24, 2.45) is 22.7 Å². The SMILES string of the molecule is C=C1CCCC2C1(C)CCC(C)C2(C)Cc1cc2scnc2cc1O. The van der Waals surface area contributed by atoms with Crippen LogP contribution < -0.4 is 0 Å². The third kappa shape index (κ3) is 2.54. The van der Waals surface area contributed by atoms with E-state index in [2.05, 4.69) is 38.4 Å². The molecule has 0 saturated heterocycles. The average Bonchev–Trinajstić information content (AvgIpc) is 3.01. The molecule has 4 rings (SSSR count). The van der Waals surface area contributed by atoms with Gasteiger partial charge in [-0.2, -0.15) is 0 Å². The topological polar surface area (TPSA) is 33.1 Å². The first-order valence-corrected chi connectivity index (χ1v) is 10.5. The standard InChI is InChI=1S/C22H29NOS/c1-14-6-5-7-20-21(14,3)9-8-15(2)22(20,4)12-16-10-19-17(11-18(16)24)23-13-25-19/h10-11,13,15,20,24H,1,5-9,12H2,2-4H3. The monoisotopic (exact) mass is 355 g/mol. The molecule has 0 amide bonds. The van der Waals surface area contributed by atoms with Gasteiger partial charge in [-0.25, -0.2) is 4.98 Å². The maximum absolute atomic E-state index is 10.6. The van der Waals surface area contributed by atoms with Crippen molar-refractivity contribution in [3.8, 4) is 5.75 Å². The second kappa shape index (κ2) is 5.84. The molecule has 0 radical (unpaired) electrons. The van der Waals surface area contributed by atoms with Crippen LogP contribution in [-0.4, -0.2) is 10.1 Å². The summed E-state index contributed by atoms with van der Waals surface area (Å²) >= 11 is 1.66. The smallest absolute Gasteiger partial charge is 0.121 e. The van der Waals surface area contributed by atoms with Crippen LogP contribution in [0, 0.1) is 22.7 Å². The lowest BCUT2D eigenvalue weighted by atomic mass is 9.46. The minimum absolute atomic E-state index is 0.201. The Hall–Kier alpha value is -1.35. The highest BCUT2D eigenvalue weighted by molar-refractivity contribution is 7.16. The third-order valence-corrected chi connectivity index (χ3v) is 8.46. The average molecular weight is 356 g/mol. The minimum atomic E-state index is 0.201. The van der Waals surface area contributed by atoms with E-state index in [0.717, 1.165) is 17.5 Å². The van der Waals surface area contributed by atoms with Gasteiger partial charge in [0.1, 0.15) is 5.75 Å². The van der Waals surface area contributed by atoms with E-state index < -0.39 is 0 Å². The van der Waals surface area contributed by atoms with E-state index in [-0.39, 0.29) is 10.8 Å². The molecule has 2 fully saturated rings. The van der Waals surface area contributed by atoms with Crippen molar-refractivity contribution in [3.63, 3.8) is 0 Å². The highest BCUT2D eigenvalue weighted by Gasteiger charge is 2.53. The fraction of sp³-hybridized carbons (Fsp3) is 0.591. The summed E-state index contributed by atoms with van der Waals surface area (Å²) in [5.74, 6) is 1.73. The molecule has 4 unspecified atom stereocenters. The summed E-state index contributed by atoms with van der Waals surface area (Å²) in [7, 11) is 0. The molecule has 0 bridgehead atoms. The molecule has 4 atom stereocenters. The van der Waals surface area contributed by atoms with Crippen LogP contribution in [0.4, 0.5) is 0 Å². The van der Waals surface area contributed by atoms with Crippen molar-refractivity contribution in [1.29, 1.82) is 0 Å². The second-order valence-electron chi connectivity index (χ2n) is 8.89. The Balaban J connectivity index is 1.75. The van der Waals surface area contributed by atoms with Crippen LogP contribution >= 0.6 is 11.3 Å². The molecule has 134 valence electrons. The quantitative estimate of drug-likeness (QED) is 0.637. The fourth-order valence-corrected chi connectivity index (χ4v) is 6.47. The predicted molar refractivity (Wildman–Crippen MR) is 106 cm³/mol. The van der Waals surface area contributed by atoms with E-state index in [4.69, 9.17) is 0 Å². The normalized spacial score (nSPS) is 35.7. The van der Waals surface area contributed by atoms with Gasteiger partial charge in [-0.3, -0.25) is 0 Å². The summed E-state index contributed by atoms with van der Waals surface area (Å²) in [6.07, 6.45) is 7.22. The Kier molecular flexibility index (Phi) is 3.99. The Morgan fingerprint density at radius 3 is 2.92 bits per heavy atom. The van der Waals surface area contributed by atoms with Crippen molar-refractivity contribution in [2.75, 3.05) is 0 Å². The van der Waals surface area contributed by atoms with Gasteiger partial charge in [-0.05, 0) is 72.8 Å². The second-order valence-corrected chi connectivity index (χ2v) is 9.78. The lowest BCUT2D eigenvalue weighted by Crippen LogP contribution is -2.51. The van der Waals surface area contributed by atoms with Crippen molar-refractivity contribution in [2.45, 2.75) is 59.3 Å². The zero-order chi connectivity index (χ0) is 17.8. The van der Waals surface area contributed by atoms with Crippen molar-refractivity contribution >= 4 is 21.6 Å². The van der Waals surface area contributed by atoms with Crippen molar-refractivity contribution in [1.82, 2.24) is 4.98 Å². The molecule has 0 aliphatic heterocycles. The van der Waals surface area contributed by atoms with Gasteiger partial charge in [0.25, 0.3) is 0 Å². The van der Waals surface area contributed by atoms with Crippen LogP contribution in [0.5, 0.6) is 5.75 Å². The molecule has 1 aromatic heterocycles. The molecule has 3 heteroatoms. The van der Waals surface area contributed by atoms with E-state index in [1.807, 2.05) is 11.6 Å². The van der Waals surface area contributed by atoms with E-state index in [0.29, 0.717) is 17.6 Å². The molecule has 25 heavy (non-hydrogen) atoms. The molecular formula is C22H29NOS. The van der Waals surface area contributed by atoms with Crippen molar-refractivity contribution < 1.29 is 5.11 Å². The van der Waals surface area contributed by atoms with E-state index in [1.165, 1.54) is 42.4 Å². The number of thiazole rings is 1. The minimum Gasteiger partial charge on any atom is -0.508 e. The van der Waals surface area contributed by atoms with Gasteiger partial charge in [0.05, 0.1) is 15.7 Å². The van der Waals surface area contributed by atoms with Crippen LogP contribution in [0.1, 0.15) is 58.4 Å². The van der Waals surface area contributed by atoms with Crippen LogP contribution in [0.15, 0.2) is 29.8 Å². The Labute approximate surface area is 155 Å². The van der Waals surface area contributed by atoms with Gasteiger partial charge >= 0.3 is 0 Å². The molecule has 1 N–H and O–H groups in total. The number of nitrogens with zero attached hydrogens (tertiary/aromatic N) is 1. The zero-order valence-corrected chi connectivity index (χ0v) is 16.5. The number of hydrogen-bond acceptors (Lipinski definition) is 3. The first kappa shape index (κ1) is 17.1. The maximum atomic E-state index is 10.6. The highest BCUT2D eigenvalue weighted by Crippen LogP contribution is 2.62. The number of aromatic nitrogens is 1. The summed E-state index contributed by atoms with van der Waals surface area (Å²) in [6, 6.07) is 4.01. The van der Waals surface area contributed by atoms with Crippen LogP contribution in [0.25, 0.3) is 10.2 Å². The first-order valence-electron chi connectivity index (χ1n) is 9.58. The van der Waals surface area contributed by atoms with Crippen molar-refractivity contribution in [3.05, 3.63) is 35.4 Å². The van der Waals surface area contributed by atoms with E-state index in [1.54, 1.807) is 11.3 Å². The van der Waals surface area contributed by atoms with Gasteiger partial charge in [0.2, 0.25) is 0 Å². The van der Waals surface area contributed by atoms with Crippen LogP contribution in [0.2, 0.25) is 0 Å². The van der Waals surface area contributed by atoms with Gasteiger partial charge in [-0.15, -0.1) is 11.3 Å². The lowest BCUT2D eigenvalue weighted by Gasteiger charge is -2.58. The summed E-state index contributed by atoms with van der Waals surface area (Å²) in [5, 5.41) is 10.6. The number of allylic oxidation sites excluding steroid dienone is 1. The molecule has 0 spiro atoms. The Bertz CT molecular complexity index is 825. The number of fused-ring (bicyclic) bond motifs is 2. The summed E-state index contributed by atoms with van der Waals surface area (Å²) < 4.78 is 1.18. The number of benzene rings is 1. The largest absolute Gasteiger partial charge is 0.508 e. The van der Waals surface area contributed by atoms with Crippen LogP contribution in [-0.2, 0) is 6.42 Å². The zero-order valence-electron chi connectivity index (χ0n) is 15.6. The van der Waals surface area contributed by atoms with E-state index >= 15 is 0 Å². The molecule has 2 nitrogen and oxygen atoms in total. The molecule has 1 heterocycles. The first-order chi connectivity index (χ1) is 11.8. The maximum Gasteiger partial charge on any atom is 0.121 e. The van der Waals surface area contributed by atoms with Gasteiger partial charge in [-0.1, -0.05) is 32.9 Å². The number of aromatic hydroxyl groups is 1. The molecule has 2 aliphatic rings. The predicted octanol–water partition coefficient (Wildman–Crippen LogP) is 6.34. The van der Waals surface area contributed by atoms with Gasteiger partial charge < -0.3 is 5.11 Å². The molecule has 2 saturated carbocycles.